The van der Waals surface area contributed by atoms with Crippen LogP contribution >= 0.6 is 0 Å². The molecule has 2 aromatic rings. The van der Waals surface area contributed by atoms with Gasteiger partial charge in [0.15, 0.2) is 6.61 Å². The van der Waals surface area contributed by atoms with E-state index in [1.165, 1.54) is 0 Å². The largest absolute Gasteiger partial charge is 0.484 e. The second-order valence-corrected chi connectivity index (χ2v) is 6.82. The van der Waals surface area contributed by atoms with Crippen LogP contribution < -0.4 is 10.1 Å². The van der Waals surface area contributed by atoms with Gasteiger partial charge in [-0.2, -0.15) is 0 Å². The van der Waals surface area contributed by atoms with E-state index < -0.39 is 0 Å². The molecule has 0 aliphatic carbocycles. The van der Waals surface area contributed by atoms with Gasteiger partial charge in [0.1, 0.15) is 5.75 Å². The Morgan fingerprint density at radius 2 is 1.93 bits per heavy atom. The molecule has 0 unspecified atom stereocenters. The summed E-state index contributed by atoms with van der Waals surface area (Å²) in [5.74, 6) is 0.102. The second kappa shape index (κ2) is 11.1. The van der Waals surface area contributed by atoms with Crippen molar-refractivity contribution in [2.75, 3.05) is 26.4 Å². The number of amides is 1. The molecule has 1 heterocycles. The van der Waals surface area contributed by atoms with E-state index in [9.17, 15) is 9.59 Å². The standard InChI is InChI=1S/C23H26N2O5/c1-2-28-23(27)18-7-9-19(10-8-18)24-14-17-5-11-20(12-6-17)30-16-22(26)25-15-21-4-3-13-29-21/h5-12,14,21H,2-4,13,15-16H2,1H3,(H,25,26)/t21-/m1/s1. The van der Waals surface area contributed by atoms with Gasteiger partial charge < -0.3 is 19.5 Å². The molecule has 0 spiro atoms. The molecule has 0 aromatic heterocycles. The highest BCUT2D eigenvalue weighted by atomic mass is 16.5. The fourth-order valence-corrected chi connectivity index (χ4v) is 2.93. The Morgan fingerprint density at radius 1 is 1.17 bits per heavy atom. The normalized spacial score (nSPS) is 15.8. The molecule has 158 valence electrons. The molecule has 7 nitrogen and oxygen atoms in total. The number of benzene rings is 2. The van der Waals surface area contributed by atoms with Crippen LogP contribution in [0, 0.1) is 0 Å². The molecule has 1 amide bonds. The van der Waals surface area contributed by atoms with Gasteiger partial charge in [0.25, 0.3) is 5.91 Å². The van der Waals surface area contributed by atoms with Gasteiger partial charge >= 0.3 is 5.97 Å². The second-order valence-electron chi connectivity index (χ2n) is 6.82. The van der Waals surface area contributed by atoms with Crippen LogP contribution in [0.4, 0.5) is 5.69 Å². The number of rotatable bonds is 9. The Labute approximate surface area is 176 Å². The van der Waals surface area contributed by atoms with Crippen molar-refractivity contribution in [1.29, 1.82) is 0 Å². The third kappa shape index (κ3) is 6.70. The molecule has 0 bridgehead atoms. The van der Waals surface area contributed by atoms with Crippen LogP contribution in [0.3, 0.4) is 0 Å². The smallest absolute Gasteiger partial charge is 0.338 e. The maximum absolute atomic E-state index is 11.9. The summed E-state index contributed by atoms with van der Waals surface area (Å²) >= 11 is 0. The average Bonchev–Trinajstić information content (AvgIpc) is 3.30. The minimum absolute atomic E-state index is 0.0348. The molecule has 7 heteroatoms. The fourth-order valence-electron chi connectivity index (χ4n) is 2.93. The van der Waals surface area contributed by atoms with Crippen LogP contribution in [0.5, 0.6) is 5.75 Å². The minimum atomic E-state index is -0.343. The lowest BCUT2D eigenvalue weighted by Gasteiger charge is -2.11. The third-order valence-corrected chi connectivity index (χ3v) is 4.54. The zero-order valence-corrected chi connectivity index (χ0v) is 17.0. The van der Waals surface area contributed by atoms with Crippen LogP contribution in [0.1, 0.15) is 35.7 Å². The van der Waals surface area contributed by atoms with E-state index in [1.54, 1.807) is 49.5 Å². The predicted molar refractivity (Wildman–Crippen MR) is 114 cm³/mol. The molecule has 1 N–H and O–H groups in total. The van der Waals surface area contributed by atoms with Gasteiger partial charge in [0.2, 0.25) is 0 Å². The van der Waals surface area contributed by atoms with Crippen molar-refractivity contribution < 1.29 is 23.8 Å². The van der Waals surface area contributed by atoms with E-state index in [0.717, 1.165) is 30.7 Å². The number of aliphatic imine (C=N–C) groups is 1. The van der Waals surface area contributed by atoms with Crippen molar-refractivity contribution in [3.05, 3.63) is 59.7 Å². The third-order valence-electron chi connectivity index (χ3n) is 4.54. The molecular weight excluding hydrogens is 384 g/mol. The lowest BCUT2D eigenvalue weighted by Crippen LogP contribution is -2.35. The molecular formula is C23H26N2O5. The Hall–Kier alpha value is -3.19. The van der Waals surface area contributed by atoms with Crippen molar-refractivity contribution in [2.45, 2.75) is 25.9 Å². The number of ether oxygens (including phenoxy) is 3. The highest BCUT2D eigenvalue weighted by Gasteiger charge is 2.16. The average molecular weight is 410 g/mol. The Bertz CT molecular complexity index is 856. The molecule has 30 heavy (non-hydrogen) atoms. The van der Waals surface area contributed by atoms with Crippen LogP contribution in [0.15, 0.2) is 53.5 Å². The summed E-state index contributed by atoms with van der Waals surface area (Å²) in [4.78, 5) is 27.9. The van der Waals surface area contributed by atoms with Crippen molar-refractivity contribution in [1.82, 2.24) is 5.32 Å². The molecule has 1 atom stereocenters. The van der Waals surface area contributed by atoms with Gasteiger partial charge in [-0.1, -0.05) is 0 Å². The highest BCUT2D eigenvalue weighted by Crippen LogP contribution is 2.16. The van der Waals surface area contributed by atoms with Crippen molar-refractivity contribution >= 4 is 23.8 Å². The molecule has 0 saturated carbocycles. The zero-order valence-electron chi connectivity index (χ0n) is 17.0. The molecule has 1 fully saturated rings. The lowest BCUT2D eigenvalue weighted by molar-refractivity contribution is -0.123. The summed E-state index contributed by atoms with van der Waals surface area (Å²) in [6.45, 7) is 3.38. The fraction of sp³-hybridized carbons (Fsp3) is 0.348. The molecule has 1 aliphatic heterocycles. The van der Waals surface area contributed by atoms with Crippen LogP contribution in [-0.4, -0.2) is 50.6 Å². The van der Waals surface area contributed by atoms with Gasteiger partial charge in [-0.25, -0.2) is 4.79 Å². The summed E-state index contributed by atoms with van der Waals surface area (Å²) in [5.41, 5.74) is 2.11. The number of hydrogen-bond acceptors (Lipinski definition) is 6. The van der Waals surface area contributed by atoms with Crippen molar-refractivity contribution in [3.8, 4) is 5.75 Å². The number of carbonyl (C=O) groups excluding carboxylic acids is 2. The number of carbonyl (C=O) groups is 2. The maximum Gasteiger partial charge on any atom is 0.338 e. The van der Waals surface area contributed by atoms with E-state index in [2.05, 4.69) is 10.3 Å². The topological polar surface area (TPSA) is 86.2 Å². The highest BCUT2D eigenvalue weighted by molar-refractivity contribution is 5.90. The molecule has 1 aliphatic rings. The minimum Gasteiger partial charge on any atom is -0.484 e. The summed E-state index contributed by atoms with van der Waals surface area (Å²) < 4.78 is 15.9. The van der Waals surface area contributed by atoms with Crippen LogP contribution in [0.25, 0.3) is 0 Å². The Kier molecular flexibility index (Phi) is 7.97. The number of nitrogens with zero attached hydrogens (tertiary/aromatic N) is 1. The first-order valence-electron chi connectivity index (χ1n) is 10.1. The maximum atomic E-state index is 11.9. The van der Waals surface area contributed by atoms with E-state index in [-0.39, 0.29) is 24.6 Å². The first-order chi connectivity index (χ1) is 14.6. The van der Waals surface area contributed by atoms with Crippen LogP contribution in [-0.2, 0) is 14.3 Å². The molecule has 0 radical (unpaired) electrons. The van der Waals surface area contributed by atoms with E-state index in [1.807, 2.05) is 12.1 Å². The van der Waals surface area contributed by atoms with Crippen molar-refractivity contribution in [3.63, 3.8) is 0 Å². The van der Waals surface area contributed by atoms with Gasteiger partial charge in [-0.3, -0.25) is 9.79 Å². The van der Waals surface area contributed by atoms with Gasteiger partial charge in [0, 0.05) is 19.4 Å². The monoisotopic (exact) mass is 410 g/mol. The summed E-state index contributed by atoms with van der Waals surface area (Å²) in [6, 6.07) is 14.2. The summed E-state index contributed by atoms with van der Waals surface area (Å²) in [6.07, 6.45) is 3.87. The van der Waals surface area contributed by atoms with E-state index in [0.29, 0.717) is 24.5 Å². The molecule has 3 rings (SSSR count). The van der Waals surface area contributed by atoms with E-state index >= 15 is 0 Å². The van der Waals surface area contributed by atoms with Gasteiger partial charge in [-0.15, -0.1) is 0 Å². The van der Waals surface area contributed by atoms with E-state index in [4.69, 9.17) is 14.2 Å². The van der Waals surface area contributed by atoms with Gasteiger partial charge in [0.05, 0.1) is 24.0 Å². The summed E-state index contributed by atoms with van der Waals surface area (Å²) in [5, 5.41) is 2.82. The zero-order chi connectivity index (χ0) is 21.2. The number of nitrogens with one attached hydrogen (secondary N) is 1. The molecule has 1 saturated heterocycles. The molecule has 2 aromatic carbocycles. The first-order valence-corrected chi connectivity index (χ1v) is 10.1. The van der Waals surface area contributed by atoms with Crippen molar-refractivity contribution in [2.24, 2.45) is 4.99 Å². The Morgan fingerprint density at radius 3 is 2.60 bits per heavy atom. The SMILES string of the molecule is CCOC(=O)c1ccc(N=Cc2ccc(OCC(=O)NC[C@H]3CCCO3)cc2)cc1. The van der Waals surface area contributed by atoms with Gasteiger partial charge in [-0.05, 0) is 73.9 Å². The first kappa shape index (κ1) is 21.5. The summed E-state index contributed by atoms with van der Waals surface area (Å²) in [7, 11) is 0. The lowest BCUT2D eigenvalue weighted by atomic mass is 10.2. The number of hydrogen-bond donors (Lipinski definition) is 1. The number of esters is 1. The Balaban J connectivity index is 1.44. The van der Waals surface area contributed by atoms with Crippen LogP contribution in [0.2, 0.25) is 0 Å². The predicted octanol–water partition coefficient (Wildman–Crippen LogP) is 3.29. The quantitative estimate of drug-likeness (QED) is 0.506.